The summed E-state index contributed by atoms with van der Waals surface area (Å²) in [5.41, 5.74) is 0. The molecule has 0 radical (unpaired) electrons. The molecule has 0 bridgehead atoms. The average Bonchev–Trinajstić information content (AvgIpc) is 2.19. The first-order valence-electron chi connectivity index (χ1n) is 4.84. The van der Waals surface area contributed by atoms with Crippen molar-refractivity contribution in [1.82, 2.24) is 10.2 Å². The highest BCUT2D eigenvalue weighted by molar-refractivity contribution is 7.99. The van der Waals surface area contributed by atoms with Gasteiger partial charge in [-0.1, -0.05) is 0 Å². The van der Waals surface area contributed by atoms with Gasteiger partial charge in [0.2, 0.25) is 5.91 Å². The topological polar surface area (TPSA) is 32.3 Å². The number of amides is 1. The van der Waals surface area contributed by atoms with Crippen LogP contribution in [0.1, 0.15) is 12.8 Å². The summed E-state index contributed by atoms with van der Waals surface area (Å²) in [6.07, 6.45) is 1.66. The van der Waals surface area contributed by atoms with Gasteiger partial charge in [0.25, 0.3) is 0 Å². The van der Waals surface area contributed by atoms with Crippen LogP contribution in [0.4, 0.5) is 0 Å². The molecule has 1 rings (SSSR count). The molecule has 13 heavy (non-hydrogen) atoms. The van der Waals surface area contributed by atoms with Gasteiger partial charge in [-0.25, -0.2) is 0 Å². The zero-order valence-corrected chi connectivity index (χ0v) is 9.03. The lowest BCUT2D eigenvalue weighted by Crippen LogP contribution is -2.38. The first-order chi connectivity index (χ1) is 6.34. The molecule has 0 unspecified atom stereocenters. The number of nitrogens with zero attached hydrogens (tertiary/aromatic N) is 1. The fourth-order valence-electron chi connectivity index (χ4n) is 1.39. The molecule has 76 valence electrons. The lowest BCUT2D eigenvalue weighted by Gasteiger charge is -2.26. The van der Waals surface area contributed by atoms with Crippen LogP contribution in [0.5, 0.6) is 0 Å². The third-order valence-electron chi connectivity index (χ3n) is 2.18. The number of hydrogen-bond acceptors (Lipinski definition) is 3. The van der Waals surface area contributed by atoms with E-state index in [9.17, 15) is 4.79 Å². The zero-order chi connectivity index (χ0) is 9.52. The van der Waals surface area contributed by atoms with Crippen LogP contribution in [-0.2, 0) is 4.79 Å². The summed E-state index contributed by atoms with van der Waals surface area (Å²) in [6, 6.07) is 0. The smallest absolute Gasteiger partial charge is 0.222 e. The highest BCUT2D eigenvalue weighted by Gasteiger charge is 2.15. The SMILES string of the molecule is CNCCCC(=O)N1CCSCC1. The van der Waals surface area contributed by atoms with Gasteiger partial charge in [0.05, 0.1) is 0 Å². The molecule has 0 aromatic heterocycles. The van der Waals surface area contributed by atoms with E-state index in [2.05, 4.69) is 5.32 Å². The first-order valence-corrected chi connectivity index (χ1v) is 6.00. The Bertz CT molecular complexity index is 158. The van der Waals surface area contributed by atoms with Gasteiger partial charge in [0.1, 0.15) is 0 Å². The summed E-state index contributed by atoms with van der Waals surface area (Å²) in [6.45, 7) is 2.83. The molecule has 0 atom stereocenters. The highest BCUT2D eigenvalue weighted by atomic mass is 32.2. The van der Waals surface area contributed by atoms with Crippen molar-refractivity contribution in [3.05, 3.63) is 0 Å². The molecular weight excluding hydrogens is 184 g/mol. The Morgan fingerprint density at radius 3 is 2.77 bits per heavy atom. The molecule has 0 aliphatic carbocycles. The normalized spacial score (nSPS) is 17.5. The van der Waals surface area contributed by atoms with Gasteiger partial charge in [-0.3, -0.25) is 4.79 Å². The molecule has 1 fully saturated rings. The molecule has 1 aliphatic rings. The Hall–Kier alpha value is -0.220. The molecule has 1 saturated heterocycles. The molecule has 0 aromatic carbocycles. The van der Waals surface area contributed by atoms with Gasteiger partial charge in [0.15, 0.2) is 0 Å². The monoisotopic (exact) mass is 202 g/mol. The molecule has 1 aliphatic heterocycles. The van der Waals surface area contributed by atoms with Crippen molar-refractivity contribution in [2.24, 2.45) is 0 Å². The van der Waals surface area contributed by atoms with Crippen molar-refractivity contribution in [2.45, 2.75) is 12.8 Å². The molecule has 0 saturated carbocycles. The predicted molar refractivity (Wildman–Crippen MR) is 57.1 cm³/mol. The quantitative estimate of drug-likeness (QED) is 0.676. The first kappa shape index (κ1) is 10.9. The molecule has 1 heterocycles. The number of carbonyl (C=O) groups excluding carboxylic acids is 1. The second kappa shape index (κ2) is 6.27. The minimum Gasteiger partial charge on any atom is -0.341 e. The number of thioether (sulfide) groups is 1. The maximum atomic E-state index is 11.6. The number of rotatable bonds is 4. The van der Waals surface area contributed by atoms with Crippen molar-refractivity contribution < 1.29 is 4.79 Å². The second-order valence-corrected chi connectivity index (χ2v) is 4.43. The van der Waals surface area contributed by atoms with E-state index in [0.717, 1.165) is 37.6 Å². The third kappa shape index (κ3) is 4.00. The van der Waals surface area contributed by atoms with E-state index in [1.807, 2.05) is 23.7 Å². The summed E-state index contributed by atoms with van der Waals surface area (Å²) in [5, 5.41) is 3.05. The Morgan fingerprint density at radius 2 is 2.15 bits per heavy atom. The van der Waals surface area contributed by atoms with Gasteiger partial charge in [-0.2, -0.15) is 11.8 Å². The molecule has 1 amide bonds. The van der Waals surface area contributed by atoms with Gasteiger partial charge >= 0.3 is 0 Å². The molecular formula is C9H18N2OS. The second-order valence-electron chi connectivity index (χ2n) is 3.20. The summed E-state index contributed by atoms with van der Waals surface area (Å²) in [4.78, 5) is 13.6. The van der Waals surface area contributed by atoms with Crippen LogP contribution in [0, 0.1) is 0 Å². The van der Waals surface area contributed by atoms with E-state index >= 15 is 0 Å². The lowest BCUT2D eigenvalue weighted by atomic mass is 10.2. The Labute approximate surface area is 84.2 Å². The van der Waals surface area contributed by atoms with Gasteiger partial charge in [0, 0.05) is 31.0 Å². The van der Waals surface area contributed by atoms with Crippen LogP contribution in [0.2, 0.25) is 0 Å². The van der Waals surface area contributed by atoms with Crippen LogP contribution >= 0.6 is 11.8 Å². The Balaban J connectivity index is 2.13. The van der Waals surface area contributed by atoms with Crippen molar-refractivity contribution in [2.75, 3.05) is 38.2 Å². The average molecular weight is 202 g/mol. The largest absolute Gasteiger partial charge is 0.341 e. The summed E-state index contributed by atoms with van der Waals surface area (Å²) < 4.78 is 0. The number of carbonyl (C=O) groups is 1. The minimum atomic E-state index is 0.329. The van der Waals surface area contributed by atoms with Crippen LogP contribution in [0.3, 0.4) is 0 Å². The van der Waals surface area contributed by atoms with E-state index in [0.29, 0.717) is 12.3 Å². The molecule has 1 N–H and O–H groups in total. The van der Waals surface area contributed by atoms with Crippen molar-refractivity contribution >= 4 is 17.7 Å². The molecule has 0 aromatic rings. The van der Waals surface area contributed by atoms with E-state index in [-0.39, 0.29) is 0 Å². The van der Waals surface area contributed by atoms with Crippen LogP contribution < -0.4 is 5.32 Å². The van der Waals surface area contributed by atoms with E-state index in [4.69, 9.17) is 0 Å². The highest BCUT2D eigenvalue weighted by Crippen LogP contribution is 2.10. The molecule has 0 spiro atoms. The van der Waals surface area contributed by atoms with Crippen molar-refractivity contribution in [3.63, 3.8) is 0 Å². The van der Waals surface area contributed by atoms with E-state index < -0.39 is 0 Å². The third-order valence-corrected chi connectivity index (χ3v) is 3.12. The van der Waals surface area contributed by atoms with Crippen LogP contribution in [0.25, 0.3) is 0 Å². The van der Waals surface area contributed by atoms with E-state index in [1.165, 1.54) is 0 Å². The fraction of sp³-hybridized carbons (Fsp3) is 0.889. The predicted octanol–water partition coefficient (Wildman–Crippen LogP) is 0.561. The van der Waals surface area contributed by atoms with Crippen LogP contribution in [0.15, 0.2) is 0 Å². The summed E-state index contributed by atoms with van der Waals surface area (Å²) in [7, 11) is 1.92. The zero-order valence-electron chi connectivity index (χ0n) is 8.21. The Kier molecular flexibility index (Phi) is 5.23. The molecule has 3 nitrogen and oxygen atoms in total. The van der Waals surface area contributed by atoms with Crippen molar-refractivity contribution in [3.8, 4) is 0 Å². The Morgan fingerprint density at radius 1 is 1.46 bits per heavy atom. The van der Waals surface area contributed by atoms with Gasteiger partial charge in [-0.05, 0) is 20.0 Å². The molecule has 4 heteroatoms. The standard InChI is InChI=1S/C9H18N2OS/c1-10-4-2-3-9(12)11-5-7-13-8-6-11/h10H,2-8H2,1H3. The van der Waals surface area contributed by atoms with Crippen molar-refractivity contribution in [1.29, 1.82) is 0 Å². The van der Waals surface area contributed by atoms with Crippen LogP contribution in [-0.4, -0.2) is 49.0 Å². The number of hydrogen-bond donors (Lipinski definition) is 1. The fourth-order valence-corrected chi connectivity index (χ4v) is 2.29. The maximum Gasteiger partial charge on any atom is 0.222 e. The number of nitrogens with one attached hydrogen (secondary N) is 1. The van der Waals surface area contributed by atoms with Gasteiger partial charge in [-0.15, -0.1) is 0 Å². The summed E-state index contributed by atoms with van der Waals surface area (Å²) >= 11 is 1.94. The summed E-state index contributed by atoms with van der Waals surface area (Å²) in [5.74, 6) is 2.55. The van der Waals surface area contributed by atoms with E-state index in [1.54, 1.807) is 0 Å². The van der Waals surface area contributed by atoms with Gasteiger partial charge < -0.3 is 10.2 Å². The maximum absolute atomic E-state index is 11.6. The minimum absolute atomic E-state index is 0.329. The lowest BCUT2D eigenvalue weighted by molar-refractivity contribution is -0.130.